The lowest BCUT2D eigenvalue weighted by molar-refractivity contribution is -0.145. The van der Waals surface area contributed by atoms with Crippen molar-refractivity contribution in [1.82, 2.24) is 5.32 Å². The van der Waals surface area contributed by atoms with Gasteiger partial charge in [-0.15, -0.1) is 11.3 Å². The van der Waals surface area contributed by atoms with Gasteiger partial charge in [0.25, 0.3) is 5.91 Å². The van der Waals surface area contributed by atoms with Crippen molar-refractivity contribution < 1.29 is 14.7 Å². The van der Waals surface area contributed by atoms with Crippen molar-refractivity contribution >= 4 is 23.2 Å². The average Bonchev–Trinajstić information content (AvgIpc) is 2.64. The minimum Gasteiger partial charge on any atom is -0.480 e. The molecule has 104 valence electrons. The van der Waals surface area contributed by atoms with Crippen molar-refractivity contribution in [1.29, 1.82) is 0 Å². The average molecular weight is 281 g/mol. The fourth-order valence-corrected chi connectivity index (χ4v) is 3.42. The number of hydrogen-bond donors (Lipinski definition) is 2. The molecule has 19 heavy (non-hydrogen) atoms. The summed E-state index contributed by atoms with van der Waals surface area (Å²) < 4.78 is 0. The first kappa shape index (κ1) is 14.1. The van der Waals surface area contributed by atoms with Gasteiger partial charge in [0.2, 0.25) is 0 Å². The Morgan fingerprint density at radius 1 is 1.26 bits per heavy atom. The van der Waals surface area contributed by atoms with E-state index in [1.807, 2.05) is 18.4 Å². The van der Waals surface area contributed by atoms with E-state index in [9.17, 15) is 14.7 Å². The predicted molar refractivity (Wildman–Crippen MR) is 74.6 cm³/mol. The van der Waals surface area contributed by atoms with Crippen LogP contribution in [-0.2, 0) is 4.79 Å². The van der Waals surface area contributed by atoms with Crippen molar-refractivity contribution in [3.05, 3.63) is 21.9 Å². The van der Waals surface area contributed by atoms with Gasteiger partial charge in [-0.1, -0.05) is 25.7 Å². The molecule has 0 radical (unpaired) electrons. The van der Waals surface area contributed by atoms with Gasteiger partial charge in [0.15, 0.2) is 0 Å². The van der Waals surface area contributed by atoms with Gasteiger partial charge in [0.05, 0.1) is 4.88 Å². The molecule has 1 aromatic heterocycles. The van der Waals surface area contributed by atoms with Crippen LogP contribution in [0.15, 0.2) is 11.4 Å². The highest BCUT2D eigenvalue weighted by atomic mass is 32.1. The van der Waals surface area contributed by atoms with Crippen LogP contribution in [0.2, 0.25) is 0 Å². The molecule has 2 N–H and O–H groups in total. The second-order valence-electron chi connectivity index (χ2n) is 5.19. The molecule has 0 atom stereocenters. The molecule has 1 aliphatic carbocycles. The maximum atomic E-state index is 12.3. The van der Waals surface area contributed by atoms with E-state index in [1.54, 1.807) is 0 Å². The molecule has 0 unspecified atom stereocenters. The molecule has 1 fully saturated rings. The molecule has 2 rings (SSSR count). The van der Waals surface area contributed by atoms with Crippen LogP contribution in [0.3, 0.4) is 0 Å². The SMILES string of the molecule is Cc1ccsc1C(=O)NC1(C(=O)O)CCCCCC1. The Balaban J connectivity index is 2.19. The van der Waals surface area contributed by atoms with Crippen LogP contribution in [0.1, 0.15) is 53.8 Å². The fraction of sp³-hybridized carbons (Fsp3) is 0.571. The molecule has 0 bridgehead atoms. The molecule has 4 nitrogen and oxygen atoms in total. The van der Waals surface area contributed by atoms with Crippen LogP contribution in [0.25, 0.3) is 0 Å². The minimum atomic E-state index is -1.08. The Hall–Kier alpha value is -1.36. The Bertz CT molecular complexity index is 473. The van der Waals surface area contributed by atoms with Crippen LogP contribution in [-0.4, -0.2) is 22.5 Å². The lowest BCUT2D eigenvalue weighted by Gasteiger charge is -2.29. The standard InChI is InChI=1S/C14H19NO3S/c1-10-6-9-19-11(10)12(16)15-14(13(17)18)7-4-2-3-5-8-14/h6,9H,2-5,7-8H2,1H3,(H,15,16)(H,17,18). The molecule has 0 spiro atoms. The van der Waals surface area contributed by atoms with Crippen molar-refractivity contribution in [3.8, 4) is 0 Å². The van der Waals surface area contributed by atoms with Crippen LogP contribution in [0, 0.1) is 6.92 Å². The molecule has 1 aliphatic rings. The highest BCUT2D eigenvalue weighted by Crippen LogP contribution is 2.28. The molecular weight excluding hydrogens is 262 g/mol. The number of amides is 1. The molecule has 1 saturated carbocycles. The maximum Gasteiger partial charge on any atom is 0.329 e. The van der Waals surface area contributed by atoms with E-state index in [2.05, 4.69) is 5.32 Å². The summed E-state index contributed by atoms with van der Waals surface area (Å²) in [6.07, 6.45) is 4.86. The van der Waals surface area contributed by atoms with Crippen LogP contribution in [0.4, 0.5) is 0 Å². The summed E-state index contributed by atoms with van der Waals surface area (Å²) in [5, 5.41) is 14.2. The Morgan fingerprint density at radius 2 is 1.89 bits per heavy atom. The molecule has 0 saturated heterocycles. The van der Waals surface area contributed by atoms with Gasteiger partial charge in [0, 0.05) is 0 Å². The minimum absolute atomic E-state index is 0.253. The highest BCUT2D eigenvalue weighted by molar-refractivity contribution is 7.12. The first-order valence-corrected chi connectivity index (χ1v) is 7.53. The Kier molecular flexibility index (Phi) is 4.24. The number of carboxylic acid groups (broad SMARTS) is 1. The topological polar surface area (TPSA) is 66.4 Å². The van der Waals surface area contributed by atoms with Crippen LogP contribution < -0.4 is 5.32 Å². The van der Waals surface area contributed by atoms with Gasteiger partial charge in [0.1, 0.15) is 5.54 Å². The zero-order chi connectivity index (χ0) is 13.9. The number of carboxylic acids is 1. The lowest BCUT2D eigenvalue weighted by atomic mass is 9.90. The smallest absolute Gasteiger partial charge is 0.329 e. The second-order valence-corrected chi connectivity index (χ2v) is 6.10. The number of hydrogen-bond acceptors (Lipinski definition) is 3. The summed E-state index contributed by atoms with van der Waals surface area (Å²) >= 11 is 1.36. The number of carbonyl (C=O) groups is 2. The monoisotopic (exact) mass is 281 g/mol. The normalized spacial score (nSPS) is 18.6. The third-order valence-corrected chi connectivity index (χ3v) is 4.80. The number of aryl methyl sites for hydroxylation is 1. The Morgan fingerprint density at radius 3 is 2.37 bits per heavy atom. The van der Waals surface area contributed by atoms with Crippen molar-refractivity contribution in [2.45, 2.75) is 51.0 Å². The van der Waals surface area contributed by atoms with E-state index in [4.69, 9.17) is 0 Å². The Labute approximate surface area is 116 Å². The molecule has 5 heteroatoms. The third-order valence-electron chi connectivity index (χ3n) is 3.79. The summed E-state index contributed by atoms with van der Waals surface area (Å²) in [5.41, 5.74) is -0.180. The van der Waals surface area contributed by atoms with E-state index in [0.29, 0.717) is 17.7 Å². The van der Waals surface area contributed by atoms with Crippen molar-refractivity contribution in [2.75, 3.05) is 0 Å². The third kappa shape index (κ3) is 2.97. The van der Waals surface area contributed by atoms with Gasteiger partial charge in [-0.25, -0.2) is 4.79 Å². The van der Waals surface area contributed by atoms with Gasteiger partial charge < -0.3 is 10.4 Å². The number of nitrogens with one attached hydrogen (secondary N) is 1. The summed E-state index contributed by atoms with van der Waals surface area (Å²) in [6, 6.07) is 1.88. The van der Waals surface area contributed by atoms with Crippen molar-refractivity contribution in [2.24, 2.45) is 0 Å². The van der Waals surface area contributed by atoms with E-state index >= 15 is 0 Å². The lowest BCUT2D eigenvalue weighted by Crippen LogP contribution is -2.54. The molecule has 0 aromatic carbocycles. The van der Waals surface area contributed by atoms with Gasteiger partial charge >= 0.3 is 5.97 Å². The number of rotatable bonds is 3. The van der Waals surface area contributed by atoms with Crippen LogP contribution in [0.5, 0.6) is 0 Å². The van der Waals surface area contributed by atoms with E-state index in [0.717, 1.165) is 31.2 Å². The first-order valence-electron chi connectivity index (χ1n) is 6.65. The predicted octanol–water partition coefficient (Wildman–Crippen LogP) is 2.96. The molecule has 1 aromatic rings. The summed E-state index contributed by atoms with van der Waals surface area (Å²) in [4.78, 5) is 24.5. The quantitative estimate of drug-likeness (QED) is 0.837. The summed E-state index contributed by atoms with van der Waals surface area (Å²) in [6.45, 7) is 1.87. The number of aliphatic carboxylic acids is 1. The van der Waals surface area contributed by atoms with E-state index in [1.165, 1.54) is 11.3 Å². The van der Waals surface area contributed by atoms with Gasteiger partial charge in [-0.05, 0) is 36.8 Å². The molecule has 1 heterocycles. The zero-order valence-corrected chi connectivity index (χ0v) is 11.9. The van der Waals surface area contributed by atoms with E-state index in [-0.39, 0.29) is 5.91 Å². The molecule has 1 amide bonds. The zero-order valence-electron chi connectivity index (χ0n) is 11.1. The van der Waals surface area contributed by atoms with E-state index < -0.39 is 11.5 Å². The molecular formula is C14H19NO3S. The van der Waals surface area contributed by atoms with Crippen molar-refractivity contribution in [3.63, 3.8) is 0 Å². The summed E-state index contributed by atoms with van der Waals surface area (Å²) in [5.74, 6) is -1.16. The summed E-state index contributed by atoms with van der Waals surface area (Å²) in [7, 11) is 0. The highest BCUT2D eigenvalue weighted by Gasteiger charge is 2.40. The second kappa shape index (κ2) is 5.74. The number of carbonyl (C=O) groups excluding carboxylic acids is 1. The largest absolute Gasteiger partial charge is 0.480 e. The van der Waals surface area contributed by atoms with Crippen LogP contribution >= 0.6 is 11.3 Å². The fourth-order valence-electron chi connectivity index (χ4n) is 2.60. The van der Waals surface area contributed by atoms with Gasteiger partial charge in [-0.2, -0.15) is 0 Å². The molecule has 0 aliphatic heterocycles. The first-order chi connectivity index (χ1) is 9.05. The maximum absolute atomic E-state index is 12.3. The van der Waals surface area contributed by atoms with Gasteiger partial charge in [-0.3, -0.25) is 4.79 Å². The number of thiophene rings is 1.